The Morgan fingerprint density at radius 2 is 2.14 bits per heavy atom. The van der Waals surface area contributed by atoms with E-state index in [1.807, 2.05) is 0 Å². The van der Waals surface area contributed by atoms with Gasteiger partial charge in [-0.3, -0.25) is 0 Å². The third-order valence-corrected chi connectivity index (χ3v) is 2.05. The number of fused-ring (bicyclic) bond motifs is 1. The summed E-state index contributed by atoms with van der Waals surface area (Å²) in [5.74, 6) is -1.61. The lowest BCUT2D eigenvalue weighted by molar-refractivity contribution is 0.0694. The number of halogens is 1. The highest BCUT2D eigenvalue weighted by atomic mass is 35.5. The Hall–Kier alpha value is -1.68. The normalized spacial score (nSPS) is 10.6. The number of carboxylic acid groups (broad SMARTS) is 1. The zero-order chi connectivity index (χ0) is 10.3. The number of hydrogen-bond donors (Lipinski definition) is 2. The zero-order valence-electron chi connectivity index (χ0n) is 6.82. The van der Waals surface area contributed by atoms with Crippen LogP contribution in [0.1, 0.15) is 10.4 Å². The second-order valence-electron chi connectivity index (χ2n) is 2.74. The number of aromatic carboxylic acids is 1. The van der Waals surface area contributed by atoms with Gasteiger partial charge in [-0.2, -0.15) is 0 Å². The molecule has 0 spiro atoms. The van der Waals surface area contributed by atoms with Crippen LogP contribution in [0.3, 0.4) is 0 Å². The maximum absolute atomic E-state index is 10.6. The number of aromatic hydroxyl groups is 1. The molecule has 0 fully saturated rings. The van der Waals surface area contributed by atoms with Crippen LogP contribution in [-0.4, -0.2) is 16.2 Å². The lowest BCUT2D eigenvalue weighted by atomic mass is 10.1. The Bertz CT molecular complexity index is 515. The summed E-state index contributed by atoms with van der Waals surface area (Å²) in [5, 5.41) is 18.9. The monoisotopic (exact) mass is 212 g/mol. The molecule has 1 aromatic carbocycles. The molecule has 0 aliphatic rings. The van der Waals surface area contributed by atoms with E-state index in [4.69, 9.17) is 21.1 Å². The molecule has 2 rings (SSSR count). The molecule has 0 unspecified atom stereocenters. The highest BCUT2D eigenvalue weighted by molar-refractivity contribution is 6.29. The number of hydrogen-bond acceptors (Lipinski definition) is 3. The van der Waals surface area contributed by atoms with E-state index in [1.54, 1.807) is 0 Å². The van der Waals surface area contributed by atoms with E-state index in [0.717, 1.165) is 0 Å². The molecule has 0 saturated carbocycles. The smallest absolute Gasteiger partial charge is 0.339 e. The molecule has 0 bridgehead atoms. The summed E-state index contributed by atoms with van der Waals surface area (Å²) < 4.78 is 4.94. The summed E-state index contributed by atoms with van der Waals surface area (Å²) in [7, 11) is 0. The predicted octanol–water partition coefficient (Wildman–Crippen LogP) is 2.49. The fourth-order valence-corrected chi connectivity index (χ4v) is 1.42. The van der Waals surface area contributed by atoms with E-state index in [-0.39, 0.29) is 16.4 Å². The lowest BCUT2D eigenvalue weighted by Gasteiger charge is -1.98. The Balaban J connectivity index is 2.80. The van der Waals surface area contributed by atoms with Crippen molar-refractivity contribution >= 4 is 28.5 Å². The van der Waals surface area contributed by atoms with Crippen molar-refractivity contribution in [2.75, 3.05) is 0 Å². The topological polar surface area (TPSA) is 70.7 Å². The first-order chi connectivity index (χ1) is 6.59. The maximum Gasteiger partial charge on any atom is 0.339 e. The number of furan rings is 1. The molecule has 0 atom stereocenters. The van der Waals surface area contributed by atoms with E-state index in [9.17, 15) is 9.90 Å². The minimum Gasteiger partial charge on any atom is -0.504 e. The van der Waals surface area contributed by atoms with Crippen molar-refractivity contribution in [3.8, 4) is 5.75 Å². The molecule has 0 radical (unpaired) electrons. The minimum atomic E-state index is -1.21. The van der Waals surface area contributed by atoms with Crippen LogP contribution in [-0.2, 0) is 0 Å². The highest BCUT2D eigenvalue weighted by Gasteiger charge is 2.15. The third-order valence-electron chi connectivity index (χ3n) is 1.86. The SMILES string of the molecule is O=C(O)c1ccc2cc(Cl)oc2c1O. The fourth-order valence-electron chi connectivity index (χ4n) is 1.23. The lowest BCUT2D eigenvalue weighted by Crippen LogP contribution is -1.95. The average molecular weight is 213 g/mol. The molecule has 0 aliphatic heterocycles. The Kier molecular flexibility index (Phi) is 1.86. The minimum absolute atomic E-state index is 0.0925. The molecular weight excluding hydrogens is 208 g/mol. The summed E-state index contributed by atoms with van der Waals surface area (Å²) in [5.41, 5.74) is -0.113. The number of rotatable bonds is 1. The van der Waals surface area contributed by atoms with Crippen LogP contribution in [0, 0.1) is 0 Å². The standard InChI is InChI=1S/C9H5ClO4/c10-6-3-4-1-2-5(9(12)13)7(11)8(4)14-6/h1-3,11H,(H,12,13). The van der Waals surface area contributed by atoms with E-state index in [0.29, 0.717) is 5.39 Å². The van der Waals surface area contributed by atoms with Gasteiger partial charge in [0.05, 0.1) is 0 Å². The summed E-state index contributed by atoms with van der Waals surface area (Å²) >= 11 is 5.56. The molecule has 2 aromatic rings. The second kappa shape index (κ2) is 2.92. The summed E-state index contributed by atoms with van der Waals surface area (Å²) in [6.45, 7) is 0. The largest absolute Gasteiger partial charge is 0.504 e. The van der Waals surface area contributed by atoms with Gasteiger partial charge in [-0.15, -0.1) is 0 Å². The molecule has 0 saturated heterocycles. The van der Waals surface area contributed by atoms with Crippen LogP contribution >= 0.6 is 11.6 Å². The van der Waals surface area contributed by atoms with E-state index >= 15 is 0 Å². The summed E-state index contributed by atoms with van der Waals surface area (Å²) in [4.78, 5) is 10.6. The first-order valence-corrected chi connectivity index (χ1v) is 4.11. The first kappa shape index (κ1) is 8.90. The molecule has 2 N–H and O–H groups in total. The molecule has 0 amide bonds. The fraction of sp³-hybridized carbons (Fsp3) is 0. The van der Waals surface area contributed by atoms with Crippen LogP contribution in [0.25, 0.3) is 11.0 Å². The van der Waals surface area contributed by atoms with Crippen molar-refractivity contribution in [3.63, 3.8) is 0 Å². The predicted molar refractivity (Wildman–Crippen MR) is 49.8 cm³/mol. The van der Waals surface area contributed by atoms with Crippen LogP contribution in [0.5, 0.6) is 5.75 Å². The van der Waals surface area contributed by atoms with E-state index in [2.05, 4.69) is 0 Å². The third kappa shape index (κ3) is 1.20. The van der Waals surface area contributed by atoms with Crippen LogP contribution in [0.15, 0.2) is 22.6 Å². The van der Waals surface area contributed by atoms with E-state index in [1.165, 1.54) is 18.2 Å². The quantitative estimate of drug-likeness (QED) is 0.762. The van der Waals surface area contributed by atoms with Gasteiger partial charge in [0.25, 0.3) is 0 Å². The van der Waals surface area contributed by atoms with Crippen molar-refractivity contribution in [2.24, 2.45) is 0 Å². The molecule has 14 heavy (non-hydrogen) atoms. The Morgan fingerprint density at radius 3 is 2.79 bits per heavy atom. The van der Waals surface area contributed by atoms with Gasteiger partial charge < -0.3 is 14.6 Å². The second-order valence-corrected chi connectivity index (χ2v) is 3.11. The summed E-state index contributed by atoms with van der Waals surface area (Å²) in [6, 6.07) is 4.32. The molecule has 5 heteroatoms. The van der Waals surface area contributed by atoms with Gasteiger partial charge >= 0.3 is 5.97 Å². The average Bonchev–Trinajstić information content (AvgIpc) is 2.46. The van der Waals surface area contributed by atoms with Gasteiger partial charge in [0, 0.05) is 11.5 Å². The number of phenols is 1. The van der Waals surface area contributed by atoms with Crippen molar-refractivity contribution in [3.05, 3.63) is 29.0 Å². The molecule has 1 heterocycles. The Morgan fingerprint density at radius 1 is 1.43 bits per heavy atom. The molecule has 72 valence electrons. The van der Waals surface area contributed by atoms with Crippen LogP contribution in [0.4, 0.5) is 0 Å². The first-order valence-electron chi connectivity index (χ1n) is 3.74. The maximum atomic E-state index is 10.6. The molecule has 0 aliphatic carbocycles. The number of carboxylic acids is 1. The van der Waals surface area contributed by atoms with Crippen molar-refractivity contribution in [1.29, 1.82) is 0 Å². The van der Waals surface area contributed by atoms with Gasteiger partial charge in [0.15, 0.2) is 16.6 Å². The highest BCUT2D eigenvalue weighted by Crippen LogP contribution is 2.32. The number of benzene rings is 1. The molecule has 4 nitrogen and oxygen atoms in total. The van der Waals surface area contributed by atoms with Crippen LogP contribution in [0.2, 0.25) is 5.22 Å². The summed E-state index contributed by atoms with van der Waals surface area (Å²) in [6.07, 6.45) is 0. The molecular formula is C9H5ClO4. The van der Waals surface area contributed by atoms with E-state index < -0.39 is 11.7 Å². The Labute approximate surface area is 83.3 Å². The van der Waals surface area contributed by atoms with Crippen LogP contribution < -0.4 is 0 Å². The van der Waals surface area contributed by atoms with Gasteiger partial charge in [-0.05, 0) is 23.7 Å². The van der Waals surface area contributed by atoms with Crippen molar-refractivity contribution in [2.45, 2.75) is 0 Å². The van der Waals surface area contributed by atoms with Crippen molar-refractivity contribution in [1.82, 2.24) is 0 Å². The van der Waals surface area contributed by atoms with Gasteiger partial charge in [-0.25, -0.2) is 4.79 Å². The van der Waals surface area contributed by atoms with Crippen molar-refractivity contribution < 1.29 is 19.4 Å². The van der Waals surface area contributed by atoms with Gasteiger partial charge in [0.1, 0.15) is 5.56 Å². The molecule has 1 aromatic heterocycles. The van der Waals surface area contributed by atoms with Gasteiger partial charge in [-0.1, -0.05) is 0 Å². The van der Waals surface area contributed by atoms with Gasteiger partial charge in [0.2, 0.25) is 0 Å². The number of carbonyl (C=O) groups is 1. The zero-order valence-corrected chi connectivity index (χ0v) is 7.58.